The number of carboxylic acids is 1. The Morgan fingerprint density at radius 3 is 2.38 bits per heavy atom. The first-order valence-corrected chi connectivity index (χ1v) is 10.4. The number of benzene rings is 1. The van der Waals surface area contributed by atoms with Gasteiger partial charge >= 0.3 is 5.97 Å². The molecule has 0 saturated carbocycles. The lowest BCUT2D eigenvalue weighted by atomic mass is 10.2. The summed E-state index contributed by atoms with van der Waals surface area (Å²) in [5.74, 6) is -1.34. The zero-order chi connectivity index (χ0) is 19.2. The standard InChI is InChI=1S/C18H26N2O5S/c1-2-19(13-10-17(21)22)18(23)15-8-7-9-16(14-15)26(24,25)20-11-5-3-4-6-12-20/h7-9,14H,2-6,10-13H2,1H3,(H,21,22). The van der Waals surface area contributed by atoms with Gasteiger partial charge in [0.25, 0.3) is 5.91 Å². The number of nitrogens with zero attached hydrogens (tertiary/aromatic N) is 2. The van der Waals surface area contributed by atoms with Crippen LogP contribution in [0.2, 0.25) is 0 Å². The van der Waals surface area contributed by atoms with E-state index < -0.39 is 16.0 Å². The topological polar surface area (TPSA) is 95.0 Å². The minimum atomic E-state index is -3.63. The summed E-state index contributed by atoms with van der Waals surface area (Å²) >= 11 is 0. The fraction of sp³-hybridized carbons (Fsp3) is 0.556. The molecular formula is C18H26N2O5S. The summed E-state index contributed by atoms with van der Waals surface area (Å²) in [6, 6.07) is 6.02. The van der Waals surface area contributed by atoms with Gasteiger partial charge in [-0.15, -0.1) is 0 Å². The number of carbonyl (C=O) groups is 2. The first-order valence-electron chi connectivity index (χ1n) is 8.97. The Labute approximate surface area is 154 Å². The normalized spacial score (nSPS) is 16.0. The molecule has 0 bridgehead atoms. The highest BCUT2D eigenvalue weighted by atomic mass is 32.2. The highest BCUT2D eigenvalue weighted by Crippen LogP contribution is 2.21. The number of rotatable bonds is 7. The molecule has 0 aliphatic carbocycles. The molecule has 1 aromatic carbocycles. The van der Waals surface area contributed by atoms with Crippen LogP contribution in [0.15, 0.2) is 29.2 Å². The smallest absolute Gasteiger partial charge is 0.305 e. The maximum Gasteiger partial charge on any atom is 0.305 e. The van der Waals surface area contributed by atoms with E-state index in [0.717, 1.165) is 25.7 Å². The summed E-state index contributed by atoms with van der Waals surface area (Å²) in [6.45, 7) is 3.21. The van der Waals surface area contributed by atoms with Crippen molar-refractivity contribution in [1.82, 2.24) is 9.21 Å². The zero-order valence-electron chi connectivity index (χ0n) is 15.1. The van der Waals surface area contributed by atoms with Crippen LogP contribution in [0.25, 0.3) is 0 Å². The van der Waals surface area contributed by atoms with Gasteiger partial charge in [0, 0.05) is 31.7 Å². The largest absolute Gasteiger partial charge is 0.481 e. The van der Waals surface area contributed by atoms with Crippen LogP contribution in [0.4, 0.5) is 0 Å². The molecule has 0 spiro atoms. The molecule has 144 valence electrons. The number of amides is 1. The molecule has 0 unspecified atom stereocenters. The molecule has 0 radical (unpaired) electrons. The Morgan fingerprint density at radius 1 is 1.15 bits per heavy atom. The van der Waals surface area contributed by atoms with Crippen LogP contribution in [-0.2, 0) is 14.8 Å². The average molecular weight is 382 g/mol. The van der Waals surface area contributed by atoms with Crippen molar-refractivity contribution in [1.29, 1.82) is 0 Å². The molecule has 8 heteroatoms. The van der Waals surface area contributed by atoms with E-state index in [2.05, 4.69) is 0 Å². The predicted molar refractivity (Wildman–Crippen MR) is 97.5 cm³/mol. The number of hydrogen-bond donors (Lipinski definition) is 1. The second-order valence-electron chi connectivity index (χ2n) is 6.37. The highest BCUT2D eigenvalue weighted by Gasteiger charge is 2.26. The predicted octanol–water partition coefficient (Wildman–Crippen LogP) is 2.19. The van der Waals surface area contributed by atoms with Gasteiger partial charge in [-0.25, -0.2) is 8.42 Å². The summed E-state index contributed by atoms with van der Waals surface area (Å²) < 4.78 is 27.3. The third-order valence-electron chi connectivity index (χ3n) is 4.55. The maximum absolute atomic E-state index is 12.9. The van der Waals surface area contributed by atoms with E-state index in [-0.39, 0.29) is 29.3 Å². The fourth-order valence-electron chi connectivity index (χ4n) is 3.04. The molecule has 1 heterocycles. The van der Waals surface area contributed by atoms with Gasteiger partial charge in [-0.3, -0.25) is 9.59 Å². The summed E-state index contributed by atoms with van der Waals surface area (Å²) in [4.78, 5) is 24.9. The van der Waals surface area contributed by atoms with Crippen molar-refractivity contribution in [2.75, 3.05) is 26.2 Å². The van der Waals surface area contributed by atoms with Gasteiger partial charge in [0.15, 0.2) is 0 Å². The lowest BCUT2D eigenvalue weighted by molar-refractivity contribution is -0.137. The molecule has 1 aromatic rings. The molecule has 1 aliphatic heterocycles. The SMILES string of the molecule is CCN(CCC(=O)O)C(=O)c1cccc(S(=O)(=O)N2CCCCCC2)c1. The monoisotopic (exact) mass is 382 g/mol. The van der Waals surface area contributed by atoms with Crippen molar-refractivity contribution in [3.05, 3.63) is 29.8 Å². The molecule has 1 aliphatic rings. The second-order valence-corrected chi connectivity index (χ2v) is 8.31. The van der Waals surface area contributed by atoms with Crippen molar-refractivity contribution < 1.29 is 23.1 Å². The van der Waals surface area contributed by atoms with E-state index in [0.29, 0.717) is 19.6 Å². The third-order valence-corrected chi connectivity index (χ3v) is 6.44. The van der Waals surface area contributed by atoms with Crippen LogP contribution in [0.3, 0.4) is 0 Å². The van der Waals surface area contributed by atoms with Gasteiger partial charge in [0.2, 0.25) is 10.0 Å². The zero-order valence-corrected chi connectivity index (χ0v) is 15.9. The van der Waals surface area contributed by atoms with Gasteiger partial charge in [0.1, 0.15) is 0 Å². The Kier molecular flexibility index (Phi) is 7.16. The molecule has 0 atom stereocenters. The number of carbonyl (C=O) groups excluding carboxylic acids is 1. The van der Waals surface area contributed by atoms with Crippen molar-refractivity contribution in [3.63, 3.8) is 0 Å². The molecule has 2 rings (SSSR count). The summed E-state index contributed by atoms with van der Waals surface area (Å²) in [7, 11) is -3.63. The molecule has 26 heavy (non-hydrogen) atoms. The maximum atomic E-state index is 12.9. The Morgan fingerprint density at radius 2 is 1.81 bits per heavy atom. The fourth-order valence-corrected chi connectivity index (χ4v) is 4.60. The van der Waals surface area contributed by atoms with Gasteiger partial charge in [-0.1, -0.05) is 18.9 Å². The van der Waals surface area contributed by atoms with E-state index in [1.54, 1.807) is 19.1 Å². The number of aliphatic carboxylic acids is 1. The van der Waals surface area contributed by atoms with Crippen LogP contribution in [-0.4, -0.2) is 60.8 Å². The first kappa shape index (κ1) is 20.4. The lowest BCUT2D eigenvalue weighted by Gasteiger charge is -2.22. The quantitative estimate of drug-likeness (QED) is 0.780. The minimum absolute atomic E-state index is 0.0910. The molecule has 1 saturated heterocycles. The lowest BCUT2D eigenvalue weighted by Crippen LogP contribution is -2.34. The van der Waals surface area contributed by atoms with E-state index in [4.69, 9.17) is 5.11 Å². The summed E-state index contributed by atoms with van der Waals surface area (Å²) in [5.41, 5.74) is 0.258. The number of sulfonamides is 1. The van der Waals surface area contributed by atoms with Gasteiger partial charge < -0.3 is 10.0 Å². The van der Waals surface area contributed by atoms with Crippen molar-refractivity contribution in [2.45, 2.75) is 43.9 Å². The average Bonchev–Trinajstić information content (AvgIpc) is 2.92. The van der Waals surface area contributed by atoms with Crippen molar-refractivity contribution in [3.8, 4) is 0 Å². The summed E-state index contributed by atoms with van der Waals surface area (Å²) in [5, 5.41) is 8.81. The van der Waals surface area contributed by atoms with Crippen molar-refractivity contribution in [2.24, 2.45) is 0 Å². The van der Waals surface area contributed by atoms with Gasteiger partial charge in [0.05, 0.1) is 11.3 Å². The molecule has 1 amide bonds. The van der Waals surface area contributed by atoms with Crippen LogP contribution < -0.4 is 0 Å². The van der Waals surface area contributed by atoms with Crippen LogP contribution >= 0.6 is 0 Å². The first-order chi connectivity index (χ1) is 12.4. The Hall–Kier alpha value is -1.93. The molecule has 7 nitrogen and oxygen atoms in total. The van der Waals surface area contributed by atoms with Crippen LogP contribution in [0, 0.1) is 0 Å². The van der Waals surface area contributed by atoms with Gasteiger partial charge in [-0.05, 0) is 38.0 Å². The van der Waals surface area contributed by atoms with Crippen molar-refractivity contribution >= 4 is 21.9 Å². The van der Waals surface area contributed by atoms with Crippen LogP contribution in [0.5, 0.6) is 0 Å². The van der Waals surface area contributed by atoms with E-state index in [9.17, 15) is 18.0 Å². The molecule has 0 aromatic heterocycles. The minimum Gasteiger partial charge on any atom is -0.481 e. The molecule has 1 N–H and O–H groups in total. The van der Waals surface area contributed by atoms with E-state index >= 15 is 0 Å². The van der Waals surface area contributed by atoms with Crippen LogP contribution in [0.1, 0.15) is 49.4 Å². The highest BCUT2D eigenvalue weighted by molar-refractivity contribution is 7.89. The third kappa shape index (κ3) is 5.04. The Bertz CT molecular complexity index is 740. The number of carboxylic acid groups (broad SMARTS) is 1. The molecule has 1 fully saturated rings. The molecular weight excluding hydrogens is 356 g/mol. The van der Waals surface area contributed by atoms with E-state index in [1.165, 1.54) is 21.3 Å². The number of hydrogen-bond acceptors (Lipinski definition) is 4. The van der Waals surface area contributed by atoms with E-state index in [1.807, 2.05) is 0 Å². The van der Waals surface area contributed by atoms with Gasteiger partial charge in [-0.2, -0.15) is 4.31 Å². The second kappa shape index (κ2) is 9.14. The summed E-state index contributed by atoms with van der Waals surface area (Å²) in [6.07, 6.45) is 3.60. The Balaban J connectivity index is 2.22.